The molecule has 0 spiro atoms. The first-order valence-electron chi connectivity index (χ1n) is 4.81. The number of nitrogens with zero attached hydrogens (tertiary/aromatic N) is 3. The quantitative estimate of drug-likeness (QED) is 0.365. The Kier molecular flexibility index (Phi) is 2.39. The first-order chi connectivity index (χ1) is 7.08. The van der Waals surface area contributed by atoms with Gasteiger partial charge >= 0.3 is 12.1 Å². The van der Waals surface area contributed by atoms with Crippen molar-refractivity contribution in [2.75, 3.05) is 33.2 Å². The predicted molar refractivity (Wildman–Crippen MR) is 50.8 cm³/mol. The molecule has 0 bridgehead atoms. The number of likely N-dealkylation sites (N-methyl/N-ethyl adjacent to an activating group) is 1. The van der Waals surface area contributed by atoms with Gasteiger partial charge in [0.05, 0.1) is 13.1 Å². The Morgan fingerprint density at radius 3 is 2.80 bits per heavy atom. The van der Waals surface area contributed by atoms with Crippen molar-refractivity contribution in [2.45, 2.75) is 6.10 Å². The Morgan fingerprint density at radius 2 is 2.33 bits per heavy atom. The molecule has 2 saturated heterocycles. The van der Waals surface area contributed by atoms with Crippen molar-refractivity contribution >= 4 is 12.1 Å². The summed E-state index contributed by atoms with van der Waals surface area (Å²) in [6.07, 6.45) is -0.857. The summed E-state index contributed by atoms with van der Waals surface area (Å²) < 4.78 is 4.94. The first kappa shape index (κ1) is 10.0. The molecule has 3 amide bonds. The van der Waals surface area contributed by atoms with Gasteiger partial charge in [-0.25, -0.2) is 20.4 Å². The standard InChI is InChI=1S/C8H14N4O3/c1-10(7(13)11-2-3-11)4-6-5-12(9)8(14)15-6/h6H,2-5,9H2,1H3. The molecular weight excluding hydrogens is 200 g/mol. The van der Waals surface area contributed by atoms with Crippen LogP contribution in [-0.4, -0.2) is 66.3 Å². The lowest BCUT2D eigenvalue weighted by Crippen LogP contribution is -2.39. The van der Waals surface area contributed by atoms with Gasteiger partial charge in [0.25, 0.3) is 0 Å². The molecule has 0 aromatic rings. The molecule has 2 rings (SSSR count). The molecule has 0 radical (unpaired) electrons. The van der Waals surface area contributed by atoms with Crippen LogP contribution in [-0.2, 0) is 4.74 Å². The van der Waals surface area contributed by atoms with Gasteiger partial charge in [0.15, 0.2) is 0 Å². The average Bonchev–Trinajstić information content (AvgIpc) is 2.95. The molecule has 84 valence electrons. The number of carbonyl (C=O) groups is 2. The third-order valence-electron chi connectivity index (χ3n) is 2.42. The summed E-state index contributed by atoms with van der Waals surface area (Å²) in [5.41, 5.74) is 0. The summed E-state index contributed by atoms with van der Waals surface area (Å²) in [5.74, 6) is 5.34. The lowest BCUT2D eigenvalue weighted by atomic mass is 10.3. The third kappa shape index (κ3) is 2.12. The number of nitrogens with two attached hydrogens (primary N) is 1. The van der Waals surface area contributed by atoms with Crippen LogP contribution in [0.15, 0.2) is 0 Å². The van der Waals surface area contributed by atoms with Gasteiger partial charge in [-0.3, -0.25) is 0 Å². The second kappa shape index (κ2) is 3.58. The van der Waals surface area contributed by atoms with Crippen LogP contribution < -0.4 is 5.84 Å². The number of rotatable bonds is 2. The van der Waals surface area contributed by atoms with Gasteiger partial charge in [0, 0.05) is 20.1 Å². The summed E-state index contributed by atoms with van der Waals surface area (Å²) in [4.78, 5) is 25.7. The summed E-state index contributed by atoms with van der Waals surface area (Å²) in [6.45, 7) is 2.35. The van der Waals surface area contributed by atoms with Gasteiger partial charge < -0.3 is 14.5 Å². The van der Waals surface area contributed by atoms with Crippen LogP contribution in [0.4, 0.5) is 9.59 Å². The Morgan fingerprint density at radius 1 is 1.67 bits per heavy atom. The molecule has 1 atom stereocenters. The smallest absolute Gasteiger partial charge is 0.424 e. The van der Waals surface area contributed by atoms with Crippen LogP contribution >= 0.6 is 0 Å². The highest BCUT2D eigenvalue weighted by Gasteiger charge is 2.33. The minimum Gasteiger partial charge on any atom is -0.441 e. The first-order valence-corrected chi connectivity index (χ1v) is 4.81. The zero-order chi connectivity index (χ0) is 11.0. The van der Waals surface area contributed by atoms with Gasteiger partial charge in [0.1, 0.15) is 6.10 Å². The molecule has 2 N–H and O–H groups in total. The van der Waals surface area contributed by atoms with Gasteiger partial charge in [-0.15, -0.1) is 0 Å². The minimum absolute atomic E-state index is 0.0264. The van der Waals surface area contributed by atoms with Crippen LogP contribution in [0.5, 0.6) is 0 Å². The van der Waals surface area contributed by atoms with Crippen molar-refractivity contribution in [3.63, 3.8) is 0 Å². The number of hydrogen-bond donors (Lipinski definition) is 1. The number of hydrazine groups is 1. The molecular formula is C8H14N4O3. The van der Waals surface area contributed by atoms with Crippen LogP contribution in [0.25, 0.3) is 0 Å². The molecule has 0 aromatic heterocycles. The number of urea groups is 1. The summed E-state index contributed by atoms with van der Waals surface area (Å²) in [5, 5.41) is 1.01. The van der Waals surface area contributed by atoms with E-state index in [0.717, 1.165) is 18.1 Å². The van der Waals surface area contributed by atoms with Crippen molar-refractivity contribution in [3.8, 4) is 0 Å². The highest BCUT2D eigenvalue weighted by Crippen LogP contribution is 2.12. The lowest BCUT2D eigenvalue weighted by Gasteiger charge is -2.19. The van der Waals surface area contributed by atoms with Crippen molar-refractivity contribution in [2.24, 2.45) is 5.84 Å². The second-order valence-corrected chi connectivity index (χ2v) is 3.81. The monoisotopic (exact) mass is 214 g/mol. The van der Waals surface area contributed by atoms with E-state index in [-0.39, 0.29) is 12.1 Å². The fourth-order valence-electron chi connectivity index (χ4n) is 1.50. The SMILES string of the molecule is CN(CC1CN(N)C(=O)O1)C(=O)N1CC1. The van der Waals surface area contributed by atoms with E-state index in [1.807, 2.05) is 0 Å². The predicted octanol–water partition coefficient (Wildman–Crippen LogP) is -0.952. The number of carbonyl (C=O) groups excluding carboxylic acids is 2. The summed E-state index contributed by atoms with van der Waals surface area (Å²) in [7, 11) is 1.69. The van der Waals surface area contributed by atoms with Crippen LogP contribution in [0.2, 0.25) is 0 Å². The van der Waals surface area contributed by atoms with Crippen molar-refractivity contribution < 1.29 is 14.3 Å². The molecule has 1 unspecified atom stereocenters. The molecule has 2 heterocycles. The van der Waals surface area contributed by atoms with E-state index in [9.17, 15) is 9.59 Å². The zero-order valence-electron chi connectivity index (χ0n) is 8.55. The average molecular weight is 214 g/mol. The van der Waals surface area contributed by atoms with E-state index in [4.69, 9.17) is 10.6 Å². The van der Waals surface area contributed by atoms with Crippen LogP contribution in [0.3, 0.4) is 0 Å². The van der Waals surface area contributed by atoms with E-state index >= 15 is 0 Å². The van der Waals surface area contributed by atoms with Gasteiger partial charge in [-0.05, 0) is 0 Å². The molecule has 2 aliphatic rings. The zero-order valence-corrected chi connectivity index (χ0v) is 8.55. The molecule has 2 aliphatic heterocycles. The number of cyclic esters (lactones) is 1. The largest absolute Gasteiger partial charge is 0.441 e. The Labute approximate surface area is 87.3 Å². The highest BCUT2D eigenvalue weighted by molar-refractivity contribution is 5.76. The highest BCUT2D eigenvalue weighted by atomic mass is 16.6. The van der Waals surface area contributed by atoms with E-state index in [1.54, 1.807) is 16.8 Å². The van der Waals surface area contributed by atoms with Crippen LogP contribution in [0, 0.1) is 0 Å². The molecule has 0 saturated carbocycles. The van der Waals surface area contributed by atoms with E-state index in [1.165, 1.54) is 0 Å². The van der Waals surface area contributed by atoms with E-state index < -0.39 is 6.09 Å². The van der Waals surface area contributed by atoms with Gasteiger partial charge in [-0.2, -0.15) is 0 Å². The van der Waals surface area contributed by atoms with Crippen molar-refractivity contribution in [3.05, 3.63) is 0 Å². The minimum atomic E-state index is -0.535. The molecule has 0 aliphatic carbocycles. The van der Waals surface area contributed by atoms with Crippen molar-refractivity contribution in [1.29, 1.82) is 0 Å². The summed E-state index contributed by atoms with van der Waals surface area (Å²) in [6, 6.07) is -0.0264. The summed E-state index contributed by atoms with van der Waals surface area (Å²) >= 11 is 0. The fourth-order valence-corrected chi connectivity index (χ4v) is 1.50. The molecule has 7 nitrogen and oxygen atoms in total. The lowest BCUT2D eigenvalue weighted by molar-refractivity contribution is 0.114. The number of amides is 3. The van der Waals surface area contributed by atoms with E-state index in [2.05, 4.69) is 0 Å². The Bertz CT molecular complexity index is 292. The molecule has 0 aromatic carbocycles. The maximum absolute atomic E-state index is 11.5. The Balaban J connectivity index is 1.81. The van der Waals surface area contributed by atoms with Crippen LogP contribution in [0.1, 0.15) is 0 Å². The third-order valence-corrected chi connectivity index (χ3v) is 2.42. The molecule has 7 heteroatoms. The normalized spacial score (nSPS) is 24.1. The second-order valence-electron chi connectivity index (χ2n) is 3.81. The maximum atomic E-state index is 11.5. The number of ether oxygens (including phenoxy) is 1. The fraction of sp³-hybridized carbons (Fsp3) is 0.750. The maximum Gasteiger partial charge on any atom is 0.424 e. The molecule has 15 heavy (non-hydrogen) atoms. The Hall–Kier alpha value is -1.50. The van der Waals surface area contributed by atoms with Gasteiger partial charge in [0.2, 0.25) is 0 Å². The van der Waals surface area contributed by atoms with Gasteiger partial charge in [-0.1, -0.05) is 0 Å². The van der Waals surface area contributed by atoms with E-state index in [0.29, 0.717) is 13.1 Å². The topological polar surface area (TPSA) is 78.9 Å². The number of hydrogen-bond acceptors (Lipinski definition) is 4. The molecule has 2 fully saturated rings. The van der Waals surface area contributed by atoms with Crippen molar-refractivity contribution in [1.82, 2.24) is 14.8 Å².